The second-order valence-electron chi connectivity index (χ2n) is 3.19. The summed E-state index contributed by atoms with van der Waals surface area (Å²) < 4.78 is 6.17. The number of thioether (sulfide) groups is 1. The zero-order valence-electron chi connectivity index (χ0n) is 8.96. The first kappa shape index (κ1) is 12.6. The van der Waals surface area contributed by atoms with Crippen molar-refractivity contribution < 1.29 is 9.53 Å². The Morgan fingerprint density at radius 3 is 2.67 bits per heavy atom. The summed E-state index contributed by atoms with van der Waals surface area (Å²) in [5, 5.41) is 0. The van der Waals surface area contributed by atoms with Crippen molar-refractivity contribution in [3.8, 4) is 5.75 Å². The third-order valence-corrected chi connectivity index (χ3v) is 3.28. The molecule has 0 aromatic heterocycles. The topological polar surface area (TPSA) is 26.3 Å². The summed E-state index contributed by atoms with van der Waals surface area (Å²) in [6.45, 7) is 1.59. The first-order valence-electron chi connectivity index (χ1n) is 4.48. The van der Waals surface area contributed by atoms with Crippen molar-refractivity contribution in [2.45, 2.75) is 18.2 Å². The molecule has 0 spiro atoms. The van der Waals surface area contributed by atoms with Crippen LogP contribution in [0.5, 0.6) is 5.75 Å². The van der Waals surface area contributed by atoms with Gasteiger partial charge in [0.15, 0.2) is 0 Å². The second kappa shape index (κ2) is 5.56. The van der Waals surface area contributed by atoms with Gasteiger partial charge in [-0.05, 0) is 46.8 Å². The Morgan fingerprint density at radius 2 is 2.20 bits per heavy atom. The number of hydrogen-bond acceptors (Lipinski definition) is 3. The molecule has 82 valence electrons. The van der Waals surface area contributed by atoms with Gasteiger partial charge in [-0.3, -0.25) is 4.79 Å². The van der Waals surface area contributed by atoms with E-state index in [2.05, 4.69) is 15.9 Å². The van der Waals surface area contributed by atoms with Gasteiger partial charge in [-0.15, -0.1) is 11.8 Å². The predicted octanol–water partition coefficient (Wildman–Crippen LogP) is 3.31. The lowest BCUT2D eigenvalue weighted by Crippen LogP contribution is -1.98. The molecular weight excluding hydrogens is 276 g/mol. The maximum Gasteiger partial charge on any atom is 0.146 e. The van der Waals surface area contributed by atoms with E-state index < -0.39 is 0 Å². The van der Waals surface area contributed by atoms with Crippen LogP contribution >= 0.6 is 27.7 Å². The highest BCUT2D eigenvalue weighted by molar-refractivity contribution is 9.10. The van der Waals surface area contributed by atoms with Crippen LogP contribution in [0.4, 0.5) is 0 Å². The van der Waals surface area contributed by atoms with Gasteiger partial charge in [-0.25, -0.2) is 0 Å². The Balaban J connectivity index is 3.13. The lowest BCUT2D eigenvalue weighted by Gasteiger charge is -2.10. The van der Waals surface area contributed by atoms with Crippen LogP contribution in [-0.4, -0.2) is 19.1 Å². The number of methoxy groups -OCH3 is 1. The van der Waals surface area contributed by atoms with Crippen molar-refractivity contribution in [3.63, 3.8) is 0 Å². The van der Waals surface area contributed by atoms with E-state index in [9.17, 15) is 4.79 Å². The molecule has 2 nitrogen and oxygen atoms in total. The van der Waals surface area contributed by atoms with E-state index in [1.54, 1.807) is 25.8 Å². The zero-order valence-corrected chi connectivity index (χ0v) is 11.4. The van der Waals surface area contributed by atoms with Crippen molar-refractivity contribution in [3.05, 3.63) is 22.2 Å². The minimum atomic E-state index is 0.166. The molecule has 0 heterocycles. The molecule has 0 radical (unpaired) electrons. The van der Waals surface area contributed by atoms with Crippen LogP contribution in [0.15, 0.2) is 21.5 Å². The molecule has 0 fully saturated rings. The van der Waals surface area contributed by atoms with Crippen LogP contribution in [-0.2, 0) is 11.2 Å². The van der Waals surface area contributed by atoms with Gasteiger partial charge in [-0.2, -0.15) is 0 Å². The zero-order chi connectivity index (χ0) is 11.4. The molecule has 1 rings (SSSR count). The highest BCUT2D eigenvalue weighted by atomic mass is 79.9. The lowest BCUT2D eigenvalue weighted by atomic mass is 10.1. The van der Waals surface area contributed by atoms with Crippen LogP contribution in [0, 0.1) is 0 Å². The quantitative estimate of drug-likeness (QED) is 0.795. The Hall–Kier alpha value is -0.480. The van der Waals surface area contributed by atoms with E-state index >= 15 is 0 Å². The predicted molar refractivity (Wildman–Crippen MR) is 66.9 cm³/mol. The van der Waals surface area contributed by atoms with Crippen LogP contribution in [0.3, 0.4) is 0 Å². The molecule has 4 heteroatoms. The lowest BCUT2D eigenvalue weighted by molar-refractivity contribution is -0.116. The summed E-state index contributed by atoms with van der Waals surface area (Å²) >= 11 is 5.05. The monoisotopic (exact) mass is 288 g/mol. The molecule has 0 saturated heterocycles. The summed E-state index contributed by atoms with van der Waals surface area (Å²) in [7, 11) is 1.64. The van der Waals surface area contributed by atoms with Crippen molar-refractivity contribution >= 4 is 33.5 Å². The standard InChI is InChI=1S/C11H13BrO2S/c1-7(13)4-8-5-9(12)11(14-2)10(6-8)15-3/h5-6H,4H2,1-3H3. The second-order valence-corrected chi connectivity index (χ2v) is 4.89. The number of halogens is 1. The van der Waals surface area contributed by atoms with E-state index in [0.717, 1.165) is 20.7 Å². The van der Waals surface area contributed by atoms with Gasteiger partial charge in [0.2, 0.25) is 0 Å². The number of carbonyl (C=O) groups is 1. The Morgan fingerprint density at radius 1 is 1.53 bits per heavy atom. The average molecular weight is 289 g/mol. The third-order valence-electron chi connectivity index (χ3n) is 1.95. The smallest absolute Gasteiger partial charge is 0.146 e. The average Bonchev–Trinajstić information content (AvgIpc) is 2.15. The Kier molecular flexibility index (Phi) is 4.67. The van der Waals surface area contributed by atoms with E-state index in [1.807, 2.05) is 18.4 Å². The fourth-order valence-corrected chi connectivity index (χ4v) is 2.81. The minimum absolute atomic E-state index is 0.166. The molecule has 0 amide bonds. The van der Waals surface area contributed by atoms with Gasteiger partial charge in [0.1, 0.15) is 11.5 Å². The number of rotatable bonds is 4. The summed E-state index contributed by atoms with van der Waals surface area (Å²) in [4.78, 5) is 12.1. The number of benzene rings is 1. The van der Waals surface area contributed by atoms with Gasteiger partial charge in [-0.1, -0.05) is 0 Å². The number of Topliss-reactive ketones (excluding diaryl/α,β-unsaturated/α-hetero) is 1. The number of hydrogen-bond donors (Lipinski definition) is 0. The van der Waals surface area contributed by atoms with Gasteiger partial charge < -0.3 is 4.74 Å². The van der Waals surface area contributed by atoms with Crippen LogP contribution in [0.1, 0.15) is 12.5 Å². The van der Waals surface area contributed by atoms with Crippen LogP contribution in [0.2, 0.25) is 0 Å². The molecule has 0 bridgehead atoms. The van der Waals surface area contributed by atoms with Gasteiger partial charge in [0.25, 0.3) is 0 Å². The first-order chi connectivity index (χ1) is 7.08. The Labute approximate surface area is 103 Å². The van der Waals surface area contributed by atoms with E-state index in [0.29, 0.717) is 6.42 Å². The number of ether oxygens (including phenoxy) is 1. The van der Waals surface area contributed by atoms with E-state index in [1.165, 1.54) is 0 Å². The highest BCUT2D eigenvalue weighted by Crippen LogP contribution is 2.36. The van der Waals surface area contributed by atoms with Crippen molar-refractivity contribution in [2.24, 2.45) is 0 Å². The molecule has 1 aromatic rings. The van der Waals surface area contributed by atoms with Gasteiger partial charge >= 0.3 is 0 Å². The number of ketones is 1. The van der Waals surface area contributed by atoms with Gasteiger partial charge in [0, 0.05) is 6.42 Å². The molecule has 0 unspecified atom stereocenters. The molecule has 0 saturated carbocycles. The Bertz CT molecular complexity index is 377. The van der Waals surface area contributed by atoms with Crippen molar-refractivity contribution in [2.75, 3.05) is 13.4 Å². The molecular formula is C11H13BrO2S. The SMILES string of the molecule is COc1c(Br)cc(CC(C)=O)cc1SC. The van der Waals surface area contributed by atoms with Crippen LogP contribution in [0.25, 0.3) is 0 Å². The summed E-state index contributed by atoms with van der Waals surface area (Å²) in [5.41, 5.74) is 1.01. The molecule has 0 N–H and O–H groups in total. The largest absolute Gasteiger partial charge is 0.494 e. The maximum absolute atomic E-state index is 11.0. The minimum Gasteiger partial charge on any atom is -0.494 e. The summed E-state index contributed by atoms with van der Waals surface area (Å²) in [5.74, 6) is 0.994. The highest BCUT2D eigenvalue weighted by Gasteiger charge is 2.09. The van der Waals surface area contributed by atoms with Crippen LogP contribution < -0.4 is 4.74 Å². The first-order valence-corrected chi connectivity index (χ1v) is 6.50. The third kappa shape index (κ3) is 3.24. The fraction of sp³-hybridized carbons (Fsp3) is 0.364. The van der Waals surface area contributed by atoms with E-state index in [-0.39, 0.29) is 5.78 Å². The molecule has 0 aliphatic heterocycles. The number of carbonyl (C=O) groups excluding carboxylic acids is 1. The molecule has 15 heavy (non-hydrogen) atoms. The summed E-state index contributed by atoms with van der Waals surface area (Å²) in [6.07, 6.45) is 2.46. The molecule has 1 aromatic carbocycles. The normalized spacial score (nSPS) is 10.1. The van der Waals surface area contributed by atoms with E-state index in [4.69, 9.17) is 4.74 Å². The van der Waals surface area contributed by atoms with Crippen molar-refractivity contribution in [1.29, 1.82) is 0 Å². The molecule has 0 atom stereocenters. The molecule has 0 aliphatic carbocycles. The van der Waals surface area contributed by atoms with Gasteiger partial charge in [0.05, 0.1) is 16.5 Å². The summed E-state index contributed by atoms with van der Waals surface area (Å²) in [6, 6.07) is 3.93. The fourth-order valence-electron chi connectivity index (χ4n) is 1.36. The molecule has 0 aliphatic rings. The maximum atomic E-state index is 11.0. The van der Waals surface area contributed by atoms with Crippen molar-refractivity contribution in [1.82, 2.24) is 0 Å².